The van der Waals surface area contributed by atoms with Crippen molar-refractivity contribution in [2.45, 2.75) is 17.4 Å². The largest absolute Gasteiger partial charge is 0.482 e. The molecule has 2 atom stereocenters. The molecule has 2 aliphatic heterocycles. The van der Waals surface area contributed by atoms with Crippen molar-refractivity contribution >= 4 is 30.0 Å². The molecule has 0 aliphatic carbocycles. The van der Waals surface area contributed by atoms with Crippen molar-refractivity contribution in [3.63, 3.8) is 0 Å². The Labute approximate surface area is 199 Å². The third-order valence-electron chi connectivity index (χ3n) is 5.24. The number of aliphatic imine (C=N–C) groups is 1. The molecule has 0 bridgehead atoms. The number of nitrogens with one attached hydrogen (secondary N) is 1. The summed E-state index contributed by atoms with van der Waals surface area (Å²) in [7, 11) is 0. The maximum atomic E-state index is 15.5. The molecule has 35 heavy (non-hydrogen) atoms. The number of hydrogen-bond acceptors (Lipinski definition) is 7. The predicted octanol–water partition coefficient (Wildman–Crippen LogP) is 3.25. The molecule has 2 aliphatic rings. The number of carbonyl (C=O) groups excluding carboxylic acids is 1. The smallest absolute Gasteiger partial charge is 0.422 e. The van der Waals surface area contributed by atoms with Crippen molar-refractivity contribution < 1.29 is 45.3 Å². The molecule has 15 heteroatoms. The lowest BCUT2D eigenvalue weighted by Crippen LogP contribution is -2.55. The van der Waals surface area contributed by atoms with E-state index in [4.69, 9.17) is 15.2 Å². The van der Waals surface area contributed by atoms with Crippen molar-refractivity contribution in [1.82, 2.24) is 4.98 Å². The Morgan fingerprint density at radius 3 is 2.60 bits per heavy atom. The molecule has 0 spiro atoms. The third kappa shape index (κ3) is 5.07. The van der Waals surface area contributed by atoms with Crippen LogP contribution < -0.4 is 15.8 Å². The molecule has 2 unspecified atom stereocenters. The molecule has 1 aromatic heterocycles. The van der Waals surface area contributed by atoms with Gasteiger partial charge < -0.3 is 25.3 Å². The first-order valence-corrected chi connectivity index (χ1v) is 9.64. The summed E-state index contributed by atoms with van der Waals surface area (Å²) in [6.07, 6.45) is -3.90. The number of halogens is 7. The molecule has 8 nitrogen and oxygen atoms in total. The van der Waals surface area contributed by atoms with Crippen molar-refractivity contribution in [2.75, 3.05) is 31.7 Å². The van der Waals surface area contributed by atoms with Gasteiger partial charge in [0.05, 0.1) is 19.4 Å². The van der Waals surface area contributed by atoms with Gasteiger partial charge in [-0.25, -0.2) is 23.1 Å². The van der Waals surface area contributed by atoms with Crippen LogP contribution in [0, 0.1) is 11.6 Å². The summed E-state index contributed by atoms with van der Waals surface area (Å²) in [5.74, 6) is -3.75. The number of hydrogen-bond donors (Lipinski definition) is 2. The fraction of sp³-hybridized carbons (Fsp3) is 0.350. The quantitative estimate of drug-likeness (QED) is 0.579. The van der Waals surface area contributed by atoms with E-state index < -0.39 is 66.2 Å². The van der Waals surface area contributed by atoms with E-state index in [-0.39, 0.29) is 36.3 Å². The molecule has 4 rings (SSSR count). The second kappa shape index (κ2) is 9.41. The minimum atomic E-state index is -4.65. The van der Waals surface area contributed by atoms with Gasteiger partial charge in [-0.1, -0.05) is 0 Å². The molecule has 2 aromatic rings. The highest BCUT2D eigenvalue weighted by atomic mass is 35.5. The van der Waals surface area contributed by atoms with E-state index in [0.717, 1.165) is 24.4 Å². The van der Waals surface area contributed by atoms with Crippen LogP contribution in [-0.2, 0) is 15.0 Å². The number of amidine groups is 1. The minimum Gasteiger partial charge on any atom is -0.482 e. The number of rotatable bonds is 5. The Hall–Kier alpha value is -3.26. The number of aromatic nitrogens is 1. The molecule has 1 saturated heterocycles. The molecule has 190 valence electrons. The Balaban J connectivity index is 0.00000342. The normalized spacial score (nSPS) is 23.4. The molecular weight excluding hydrogens is 510 g/mol. The zero-order valence-electron chi connectivity index (χ0n) is 17.5. The second-order valence-electron chi connectivity index (χ2n) is 7.61. The Morgan fingerprint density at radius 1 is 1.17 bits per heavy atom. The fourth-order valence-electron chi connectivity index (χ4n) is 3.63. The fourth-order valence-corrected chi connectivity index (χ4v) is 3.63. The highest BCUT2D eigenvalue weighted by Gasteiger charge is 2.62. The van der Waals surface area contributed by atoms with Gasteiger partial charge >= 0.3 is 6.18 Å². The Bertz CT molecular complexity index is 1170. The number of anilines is 1. The number of alkyl halides is 4. The van der Waals surface area contributed by atoms with Crippen LogP contribution in [0.2, 0.25) is 0 Å². The number of pyridine rings is 1. The lowest BCUT2D eigenvalue weighted by atomic mass is 9.78. The topological polar surface area (TPSA) is 108 Å². The maximum absolute atomic E-state index is 15.5. The number of fused-ring (bicyclic) bond motifs is 1. The molecule has 0 radical (unpaired) electrons. The molecule has 3 N–H and O–H groups in total. The zero-order valence-corrected chi connectivity index (χ0v) is 18.3. The summed E-state index contributed by atoms with van der Waals surface area (Å²) < 4.78 is 95.8. The van der Waals surface area contributed by atoms with E-state index in [1.807, 2.05) is 0 Å². The summed E-state index contributed by atoms with van der Waals surface area (Å²) in [4.78, 5) is 19.9. The summed E-state index contributed by atoms with van der Waals surface area (Å²) in [6, 6.07) is 3.37. The van der Waals surface area contributed by atoms with Crippen molar-refractivity contribution in [1.29, 1.82) is 0 Å². The number of nitrogens with zero attached hydrogens (tertiary/aromatic N) is 2. The monoisotopic (exact) mass is 526 g/mol. The van der Waals surface area contributed by atoms with Crippen LogP contribution in [0.5, 0.6) is 5.75 Å². The van der Waals surface area contributed by atoms with E-state index >= 15 is 4.39 Å². The van der Waals surface area contributed by atoms with E-state index in [0.29, 0.717) is 6.07 Å². The van der Waals surface area contributed by atoms with Crippen molar-refractivity contribution in [3.8, 4) is 5.75 Å². The van der Waals surface area contributed by atoms with Crippen LogP contribution in [0.1, 0.15) is 16.1 Å². The first-order chi connectivity index (χ1) is 15.9. The van der Waals surface area contributed by atoms with Crippen LogP contribution in [0.25, 0.3) is 0 Å². The van der Waals surface area contributed by atoms with Gasteiger partial charge in [0.1, 0.15) is 18.2 Å². The predicted molar refractivity (Wildman–Crippen MR) is 111 cm³/mol. The average Bonchev–Trinajstić information content (AvgIpc) is 3.10. The summed E-state index contributed by atoms with van der Waals surface area (Å²) in [5.41, 5.74) is 0.365. The number of nitrogens with two attached hydrogens (primary N) is 1. The van der Waals surface area contributed by atoms with Gasteiger partial charge in [0, 0.05) is 17.3 Å². The first-order valence-electron chi connectivity index (χ1n) is 9.64. The van der Waals surface area contributed by atoms with E-state index in [9.17, 15) is 26.7 Å². The maximum Gasteiger partial charge on any atom is 0.422 e. The van der Waals surface area contributed by atoms with Crippen LogP contribution >= 0.6 is 12.4 Å². The van der Waals surface area contributed by atoms with Gasteiger partial charge in [-0.15, -0.1) is 12.4 Å². The Kier molecular flexibility index (Phi) is 7.09. The van der Waals surface area contributed by atoms with Gasteiger partial charge in [0.15, 0.2) is 29.3 Å². The van der Waals surface area contributed by atoms with Crippen molar-refractivity contribution in [2.24, 2.45) is 10.7 Å². The van der Waals surface area contributed by atoms with Crippen LogP contribution in [0.3, 0.4) is 0 Å². The minimum absolute atomic E-state index is 0. The standard InChI is InChI=1S/C20H16F6N4O4.ClH/c21-13-2-1-10(3-12(13)19-8-32-6-18(19,23)7-34-17(27)30-19)29-16(31)15-14(22)4-11(5-28-15)33-9-20(24,25)26;/h1-5H,6-9H2,(H2,27,30)(H,29,31);1H. The zero-order chi connectivity index (χ0) is 24.7. The molecular formula is C20H17ClF6N4O4. The van der Waals surface area contributed by atoms with Crippen LogP contribution in [0.4, 0.5) is 32.0 Å². The average molecular weight is 527 g/mol. The van der Waals surface area contributed by atoms with Crippen LogP contribution in [-0.4, -0.2) is 55.2 Å². The number of amides is 1. The van der Waals surface area contributed by atoms with Crippen LogP contribution in [0.15, 0.2) is 35.5 Å². The van der Waals surface area contributed by atoms with Gasteiger partial charge in [0.2, 0.25) is 0 Å². The molecule has 3 heterocycles. The highest BCUT2D eigenvalue weighted by Crippen LogP contribution is 2.48. The lowest BCUT2D eigenvalue weighted by Gasteiger charge is -2.38. The van der Waals surface area contributed by atoms with Crippen molar-refractivity contribution in [3.05, 3.63) is 53.4 Å². The van der Waals surface area contributed by atoms with Gasteiger partial charge in [-0.05, 0) is 18.2 Å². The third-order valence-corrected chi connectivity index (χ3v) is 5.24. The van der Waals surface area contributed by atoms with E-state index in [1.165, 1.54) is 0 Å². The molecule has 1 amide bonds. The molecule has 0 saturated carbocycles. The molecule has 1 aromatic carbocycles. The summed E-state index contributed by atoms with van der Waals surface area (Å²) >= 11 is 0. The van der Waals surface area contributed by atoms with Gasteiger partial charge in [-0.3, -0.25) is 4.79 Å². The SMILES string of the molecule is Cl.NC1=NC2(c3cc(NC(=O)c4ncc(OCC(F)(F)F)cc4F)ccc3F)COCC2(F)CO1. The number of benzene rings is 1. The number of carbonyl (C=O) groups is 1. The highest BCUT2D eigenvalue weighted by molar-refractivity contribution is 6.03. The summed E-state index contributed by atoms with van der Waals surface area (Å²) in [6.45, 7) is -2.98. The lowest BCUT2D eigenvalue weighted by molar-refractivity contribution is -0.153. The van der Waals surface area contributed by atoms with E-state index in [2.05, 4.69) is 20.0 Å². The molecule has 1 fully saturated rings. The van der Waals surface area contributed by atoms with Gasteiger partial charge in [-0.2, -0.15) is 13.2 Å². The van der Waals surface area contributed by atoms with E-state index in [1.54, 1.807) is 0 Å². The first kappa shape index (κ1) is 26.3. The van der Waals surface area contributed by atoms with Gasteiger partial charge in [0.25, 0.3) is 11.9 Å². The summed E-state index contributed by atoms with van der Waals surface area (Å²) in [5, 5.41) is 2.28. The Morgan fingerprint density at radius 2 is 1.91 bits per heavy atom. The second-order valence-corrected chi connectivity index (χ2v) is 7.61. The number of ether oxygens (including phenoxy) is 3.